The molecule has 0 aliphatic carbocycles. The van der Waals surface area contributed by atoms with E-state index in [4.69, 9.17) is 16.3 Å². The third kappa shape index (κ3) is 2.53. The number of aromatic nitrogens is 3. The van der Waals surface area contributed by atoms with Crippen LogP contribution in [0, 0.1) is 0 Å². The summed E-state index contributed by atoms with van der Waals surface area (Å²) in [5, 5.41) is 4.40. The number of aromatic amines is 1. The van der Waals surface area contributed by atoms with Gasteiger partial charge in [0.25, 0.3) is 0 Å². The molecule has 0 fully saturated rings. The van der Waals surface area contributed by atoms with Crippen molar-refractivity contribution in [3.05, 3.63) is 47.4 Å². The van der Waals surface area contributed by atoms with E-state index in [0.717, 1.165) is 22.3 Å². The summed E-state index contributed by atoms with van der Waals surface area (Å²) in [6, 6.07) is 9.78. The topological polar surface area (TPSA) is 62.8 Å². The molecule has 0 spiro atoms. The van der Waals surface area contributed by atoms with Crippen LogP contribution in [0.3, 0.4) is 0 Å². The predicted molar refractivity (Wildman–Crippen MR) is 79.2 cm³/mol. The number of nitrogens with one attached hydrogen (secondary N) is 2. The highest BCUT2D eigenvalue weighted by Gasteiger charge is 2.07. The zero-order valence-electron chi connectivity index (χ0n) is 10.9. The second kappa shape index (κ2) is 5.38. The quantitative estimate of drug-likeness (QED) is 0.724. The van der Waals surface area contributed by atoms with Crippen molar-refractivity contribution < 1.29 is 4.74 Å². The Morgan fingerprint density at radius 2 is 2.20 bits per heavy atom. The first-order chi connectivity index (χ1) is 9.76. The maximum atomic E-state index is 5.91. The van der Waals surface area contributed by atoms with Gasteiger partial charge >= 0.3 is 0 Å². The molecule has 102 valence electrons. The Morgan fingerprint density at radius 1 is 1.30 bits per heavy atom. The zero-order valence-corrected chi connectivity index (χ0v) is 11.6. The molecular weight excluding hydrogens is 276 g/mol. The van der Waals surface area contributed by atoms with Gasteiger partial charge in [-0.25, -0.2) is 4.98 Å². The van der Waals surface area contributed by atoms with E-state index >= 15 is 0 Å². The van der Waals surface area contributed by atoms with Gasteiger partial charge in [0.05, 0.1) is 12.5 Å². The van der Waals surface area contributed by atoms with Crippen molar-refractivity contribution >= 4 is 28.5 Å². The molecule has 20 heavy (non-hydrogen) atoms. The number of rotatable bonds is 4. The minimum atomic E-state index is 0.216. The molecule has 3 aromatic rings. The molecule has 0 amide bonds. The zero-order chi connectivity index (χ0) is 13.9. The van der Waals surface area contributed by atoms with Crippen molar-refractivity contribution in [3.63, 3.8) is 0 Å². The summed E-state index contributed by atoms with van der Waals surface area (Å²) >= 11 is 5.91. The van der Waals surface area contributed by atoms with Crippen LogP contribution in [0.5, 0.6) is 5.75 Å². The Morgan fingerprint density at radius 3 is 3.05 bits per heavy atom. The molecule has 2 aromatic heterocycles. The molecule has 0 aliphatic rings. The van der Waals surface area contributed by atoms with Crippen LogP contribution in [0.2, 0.25) is 5.28 Å². The van der Waals surface area contributed by atoms with Crippen LogP contribution in [0.1, 0.15) is 5.56 Å². The van der Waals surface area contributed by atoms with E-state index in [2.05, 4.69) is 20.3 Å². The number of ether oxygens (including phenoxy) is 1. The number of benzene rings is 1. The Balaban J connectivity index is 1.84. The fourth-order valence-electron chi connectivity index (χ4n) is 2.02. The standard InChI is InChI=1S/C14H13ClN4O/c1-20-10-4-2-3-9(7-10)8-17-13-11-5-6-16-12(11)18-14(15)19-13/h2-7H,8H2,1H3,(H2,16,17,18,19). The van der Waals surface area contributed by atoms with Crippen LogP contribution in [0.15, 0.2) is 36.5 Å². The molecule has 2 heterocycles. The lowest BCUT2D eigenvalue weighted by atomic mass is 10.2. The number of hydrogen-bond acceptors (Lipinski definition) is 4. The van der Waals surface area contributed by atoms with Crippen molar-refractivity contribution in [3.8, 4) is 5.75 Å². The number of fused-ring (bicyclic) bond motifs is 1. The van der Waals surface area contributed by atoms with Crippen LogP contribution in [-0.4, -0.2) is 22.1 Å². The number of H-pyrrole nitrogens is 1. The van der Waals surface area contributed by atoms with Crippen LogP contribution >= 0.6 is 11.6 Å². The third-order valence-corrected chi connectivity index (χ3v) is 3.15. The van der Waals surface area contributed by atoms with E-state index in [0.29, 0.717) is 12.4 Å². The molecule has 0 radical (unpaired) electrons. The van der Waals surface area contributed by atoms with Gasteiger partial charge in [-0.15, -0.1) is 0 Å². The van der Waals surface area contributed by atoms with Gasteiger partial charge in [-0.2, -0.15) is 4.98 Å². The Bertz CT molecular complexity index is 741. The van der Waals surface area contributed by atoms with Crippen LogP contribution in [-0.2, 0) is 6.54 Å². The second-order valence-electron chi connectivity index (χ2n) is 4.29. The van der Waals surface area contributed by atoms with Gasteiger partial charge in [0.2, 0.25) is 5.28 Å². The Kier molecular flexibility index (Phi) is 3.43. The van der Waals surface area contributed by atoms with Crippen molar-refractivity contribution in [1.82, 2.24) is 15.0 Å². The molecule has 6 heteroatoms. The van der Waals surface area contributed by atoms with E-state index in [1.165, 1.54) is 0 Å². The maximum Gasteiger partial charge on any atom is 0.226 e. The van der Waals surface area contributed by atoms with Crippen LogP contribution in [0.4, 0.5) is 5.82 Å². The Hall–Kier alpha value is -2.27. The minimum Gasteiger partial charge on any atom is -0.497 e. The van der Waals surface area contributed by atoms with Gasteiger partial charge in [0.1, 0.15) is 17.2 Å². The van der Waals surface area contributed by atoms with Crippen molar-refractivity contribution in [1.29, 1.82) is 0 Å². The normalized spacial score (nSPS) is 10.7. The highest BCUT2D eigenvalue weighted by molar-refractivity contribution is 6.28. The molecule has 5 nitrogen and oxygen atoms in total. The van der Waals surface area contributed by atoms with Crippen molar-refractivity contribution in [2.24, 2.45) is 0 Å². The van der Waals surface area contributed by atoms with Gasteiger partial charge in [-0.3, -0.25) is 0 Å². The summed E-state index contributed by atoms with van der Waals surface area (Å²) in [4.78, 5) is 11.4. The fourth-order valence-corrected chi connectivity index (χ4v) is 2.19. The summed E-state index contributed by atoms with van der Waals surface area (Å²) in [7, 11) is 1.65. The summed E-state index contributed by atoms with van der Waals surface area (Å²) in [6.45, 7) is 0.630. The smallest absolute Gasteiger partial charge is 0.226 e. The number of hydrogen-bond donors (Lipinski definition) is 2. The SMILES string of the molecule is COc1cccc(CNc2nc(Cl)nc3[nH]ccc23)c1. The van der Waals surface area contributed by atoms with Crippen molar-refractivity contribution in [2.75, 3.05) is 12.4 Å². The van der Waals surface area contributed by atoms with Crippen molar-refractivity contribution in [2.45, 2.75) is 6.54 Å². The van der Waals surface area contributed by atoms with E-state index < -0.39 is 0 Å². The summed E-state index contributed by atoms with van der Waals surface area (Å²) < 4.78 is 5.20. The molecule has 2 N–H and O–H groups in total. The molecule has 3 rings (SSSR count). The number of nitrogens with zero attached hydrogens (tertiary/aromatic N) is 2. The average Bonchev–Trinajstić information content (AvgIpc) is 2.93. The van der Waals surface area contributed by atoms with Crippen LogP contribution in [0.25, 0.3) is 11.0 Å². The van der Waals surface area contributed by atoms with E-state index in [9.17, 15) is 0 Å². The molecule has 0 unspecified atom stereocenters. The number of methoxy groups -OCH3 is 1. The summed E-state index contributed by atoms with van der Waals surface area (Å²) in [5.41, 5.74) is 1.82. The predicted octanol–water partition coefficient (Wildman–Crippen LogP) is 3.23. The van der Waals surface area contributed by atoms with Crippen LogP contribution < -0.4 is 10.1 Å². The first-order valence-electron chi connectivity index (χ1n) is 6.13. The Labute approximate surface area is 121 Å². The highest BCUT2D eigenvalue weighted by Crippen LogP contribution is 2.22. The summed E-state index contributed by atoms with van der Waals surface area (Å²) in [5.74, 6) is 1.54. The van der Waals surface area contributed by atoms with Gasteiger partial charge in [-0.05, 0) is 35.4 Å². The molecule has 1 aromatic carbocycles. The van der Waals surface area contributed by atoms with Gasteiger partial charge in [0.15, 0.2) is 0 Å². The van der Waals surface area contributed by atoms with E-state index in [1.54, 1.807) is 7.11 Å². The summed E-state index contributed by atoms with van der Waals surface area (Å²) in [6.07, 6.45) is 1.81. The second-order valence-corrected chi connectivity index (χ2v) is 4.62. The van der Waals surface area contributed by atoms with Gasteiger partial charge < -0.3 is 15.0 Å². The monoisotopic (exact) mass is 288 g/mol. The molecule has 0 aliphatic heterocycles. The van der Waals surface area contributed by atoms with Gasteiger partial charge in [0, 0.05) is 12.7 Å². The lowest BCUT2D eigenvalue weighted by molar-refractivity contribution is 0.414. The highest BCUT2D eigenvalue weighted by atomic mass is 35.5. The molecule has 0 saturated heterocycles. The average molecular weight is 289 g/mol. The minimum absolute atomic E-state index is 0.216. The molecule has 0 atom stereocenters. The lowest BCUT2D eigenvalue weighted by Gasteiger charge is -2.08. The van der Waals surface area contributed by atoms with Gasteiger partial charge in [-0.1, -0.05) is 12.1 Å². The lowest BCUT2D eigenvalue weighted by Crippen LogP contribution is -2.03. The maximum absolute atomic E-state index is 5.91. The fraction of sp³-hybridized carbons (Fsp3) is 0.143. The third-order valence-electron chi connectivity index (χ3n) is 2.98. The molecule has 0 saturated carbocycles. The van der Waals surface area contributed by atoms with E-state index in [1.807, 2.05) is 36.5 Å². The number of anilines is 1. The largest absolute Gasteiger partial charge is 0.497 e. The molecular formula is C14H13ClN4O. The number of halogens is 1. The first kappa shape index (κ1) is 12.7. The first-order valence-corrected chi connectivity index (χ1v) is 6.51. The molecule has 0 bridgehead atoms. The van der Waals surface area contributed by atoms with E-state index in [-0.39, 0.29) is 5.28 Å².